The van der Waals surface area contributed by atoms with E-state index in [4.69, 9.17) is 4.74 Å². The zero-order valence-corrected chi connectivity index (χ0v) is 20.0. The van der Waals surface area contributed by atoms with Gasteiger partial charge in [0.05, 0.1) is 24.5 Å². The second kappa shape index (κ2) is 9.23. The minimum atomic E-state index is -0.883. The van der Waals surface area contributed by atoms with Gasteiger partial charge in [0.2, 0.25) is 0 Å². The number of hydrogen-bond donors (Lipinski definition) is 2. The summed E-state index contributed by atoms with van der Waals surface area (Å²) >= 11 is 1.57. The number of aryl methyl sites for hydroxylation is 3. The molecular formula is C25H27N3O4S. The number of hydrazone groups is 1. The molecule has 4 rings (SSSR count). The van der Waals surface area contributed by atoms with Crippen LogP contribution in [-0.2, 0) is 12.8 Å². The van der Waals surface area contributed by atoms with Crippen LogP contribution < -0.4 is 10.2 Å². The summed E-state index contributed by atoms with van der Waals surface area (Å²) in [5.41, 5.74) is 7.96. The number of carboxylic acids is 1. The average molecular weight is 466 g/mol. The van der Waals surface area contributed by atoms with Crippen LogP contribution in [-0.4, -0.2) is 34.9 Å². The molecule has 1 aliphatic rings. The van der Waals surface area contributed by atoms with Crippen molar-refractivity contribution < 1.29 is 19.4 Å². The van der Waals surface area contributed by atoms with Crippen molar-refractivity contribution in [3.05, 3.63) is 68.3 Å². The number of rotatable bonds is 6. The van der Waals surface area contributed by atoms with Crippen LogP contribution in [0.15, 0.2) is 29.4 Å². The first-order valence-electron chi connectivity index (χ1n) is 10.9. The number of carbonyl (C=O) groups excluding carboxylic acids is 1. The van der Waals surface area contributed by atoms with Gasteiger partial charge < -0.3 is 14.4 Å². The van der Waals surface area contributed by atoms with Crippen molar-refractivity contribution in [3.63, 3.8) is 0 Å². The average Bonchev–Trinajstić information content (AvgIpc) is 3.29. The summed E-state index contributed by atoms with van der Waals surface area (Å²) < 4.78 is 7.29. The van der Waals surface area contributed by atoms with Gasteiger partial charge in [0.1, 0.15) is 10.8 Å². The SMILES string of the molecule is COc1cc(C)ccc1C(=O)NN=Cc1cc(C)n(-c2sc3c(c2C(=O)O)CCCC3)c1C. The lowest BCUT2D eigenvalue weighted by Crippen LogP contribution is -2.18. The standard InChI is InChI=1S/C25H27N3O4S/c1-14-9-10-18(20(11-14)32-4)23(29)27-26-13-17-12-15(2)28(16(17)3)24-22(25(30)31)19-7-5-6-8-21(19)33-24/h9-13H,5-8H2,1-4H3,(H,27,29)(H,30,31). The third-order valence-electron chi connectivity index (χ3n) is 6.01. The van der Waals surface area contributed by atoms with E-state index in [9.17, 15) is 14.7 Å². The Morgan fingerprint density at radius 3 is 2.67 bits per heavy atom. The number of nitrogens with one attached hydrogen (secondary N) is 1. The van der Waals surface area contributed by atoms with Crippen molar-refractivity contribution in [3.8, 4) is 10.8 Å². The first kappa shape index (κ1) is 22.8. The van der Waals surface area contributed by atoms with Gasteiger partial charge in [-0.3, -0.25) is 4.79 Å². The van der Waals surface area contributed by atoms with Crippen LogP contribution in [0.25, 0.3) is 5.00 Å². The summed E-state index contributed by atoms with van der Waals surface area (Å²) in [6.07, 6.45) is 5.46. The molecule has 0 atom stereocenters. The third-order valence-corrected chi connectivity index (χ3v) is 7.29. The van der Waals surface area contributed by atoms with Crippen LogP contribution >= 0.6 is 11.3 Å². The maximum atomic E-state index is 12.6. The molecule has 33 heavy (non-hydrogen) atoms. The van der Waals surface area contributed by atoms with Crippen molar-refractivity contribution in [2.24, 2.45) is 5.10 Å². The Morgan fingerprint density at radius 2 is 1.94 bits per heavy atom. The molecule has 3 aromatic rings. The van der Waals surface area contributed by atoms with Crippen molar-refractivity contribution >= 4 is 29.4 Å². The number of methoxy groups -OCH3 is 1. The van der Waals surface area contributed by atoms with E-state index in [0.717, 1.165) is 58.8 Å². The normalized spacial score (nSPS) is 13.2. The molecule has 2 aromatic heterocycles. The molecule has 1 aliphatic carbocycles. The number of thiophene rings is 1. The zero-order chi connectivity index (χ0) is 23.7. The fourth-order valence-electron chi connectivity index (χ4n) is 4.37. The molecule has 1 aromatic carbocycles. The molecule has 0 saturated carbocycles. The predicted octanol–water partition coefficient (Wildman–Crippen LogP) is 4.81. The Hall–Kier alpha value is -3.39. The molecule has 7 nitrogen and oxygen atoms in total. The Morgan fingerprint density at radius 1 is 1.18 bits per heavy atom. The molecule has 1 amide bonds. The largest absolute Gasteiger partial charge is 0.496 e. The zero-order valence-electron chi connectivity index (χ0n) is 19.2. The number of nitrogens with zero attached hydrogens (tertiary/aromatic N) is 2. The van der Waals surface area contributed by atoms with Gasteiger partial charge in [0, 0.05) is 21.8 Å². The molecular weight excluding hydrogens is 438 g/mol. The highest BCUT2D eigenvalue weighted by Crippen LogP contribution is 2.38. The number of hydrogen-bond acceptors (Lipinski definition) is 5. The second-order valence-corrected chi connectivity index (χ2v) is 9.34. The maximum absolute atomic E-state index is 12.6. The maximum Gasteiger partial charge on any atom is 0.339 e. The van der Waals surface area contributed by atoms with Gasteiger partial charge in [0.25, 0.3) is 5.91 Å². The van der Waals surface area contributed by atoms with E-state index in [1.165, 1.54) is 12.0 Å². The summed E-state index contributed by atoms with van der Waals surface area (Å²) in [7, 11) is 1.53. The summed E-state index contributed by atoms with van der Waals surface area (Å²) in [6, 6.07) is 7.29. The highest BCUT2D eigenvalue weighted by Gasteiger charge is 2.27. The van der Waals surface area contributed by atoms with Crippen LogP contribution in [0.5, 0.6) is 5.75 Å². The highest BCUT2D eigenvalue weighted by molar-refractivity contribution is 7.15. The fourth-order valence-corrected chi connectivity index (χ4v) is 5.86. The van der Waals surface area contributed by atoms with E-state index in [0.29, 0.717) is 16.9 Å². The topological polar surface area (TPSA) is 92.9 Å². The predicted molar refractivity (Wildman–Crippen MR) is 130 cm³/mol. The molecule has 0 fully saturated rings. The molecule has 0 bridgehead atoms. The van der Waals surface area contributed by atoms with E-state index < -0.39 is 5.97 Å². The summed E-state index contributed by atoms with van der Waals surface area (Å²) in [6.45, 7) is 5.81. The van der Waals surface area contributed by atoms with Gasteiger partial charge in [-0.15, -0.1) is 11.3 Å². The van der Waals surface area contributed by atoms with E-state index in [-0.39, 0.29) is 5.91 Å². The van der Waals surface area contributed by atoms with E-state index in [2.05, 4.69) is 10.5 Å². The molecule has 2 N–H and O–H groups in total. The van der Waals surface area contributed by atoms with Crippen LogP contribution in [0.3, 0.4) is 0 Å². The molecule has 2 heterocycles. The third kappa shape index (κ3) is 4.30. The van der Waals surface area contributed by atoms with Crippen molar-refractivity contribution in [2.75, 3.05) is 7.11 Å². The van der Waals surface area contributed by atoms with Crippen LogP contribution in [0.1, 0.15) is 66.5 Å². The first-order chi connectivity index (χ1) is 15.8. The molecule has 0 spiro atoms. The van der Waals surface area contributed by atoms with E-state index in [1.54, 1.807) is 29.7 Å². The Labute approximate surface area is 196 Å². The van der Waals surface area contributed by atoms with Gasteiger partial charge >= 0.3 is 5.97 Å². The molecule has 0 saturated heterocycles. The van der Waals surface area contributed by atoms with Gasteiger partial charge in [-0.05, 0) is 75.8 Å². The lowest BCUT2D eigenvalue weighted by Gasteiger charge is -2.11. The minimum absolute atomic E-state index is 0.365. The van der Waals surface area contributed by atoms with Crippen LogP contribution in [0.4, 0.5) is 0 Å². The van der Waals surface area contributed by atoms with E-state index in [1.807, 2.05) is 37.5 Å². The Balaban J connectivity index is 1.62. The quantitative estimate of drug-likeness (QED) is 0.403. The van der Waals surface area contributed by atoms with Crippen molar-refractivity contribution in [1.29, 1.82) is 0 Å². The first-order valence-corrected chi connectivity index (χ1v) is 11.7. The van der Waals surface area contributed by atoms with Gasteiger partial charge in [-0.2, -0.15) is 5.10 Å². The second-order valence-electron chi connectivity index (χ2n) is 8.26. The number of amides is 1. The van der Waals surface area contributed by atoms with Gasteiger partial charge in [-0.1, -0.05) is 6.07 Å². The number of fused-ring (bicyclic) bond motifs is 1. The Bertz CT molecular complexity index is 1270. The number of aromatic nitrogens is 1. The molecule has 0 radical (unpaired) electrons. The number of carbonyl (C=O) groups is 2. The minimum Gasteiger partial charge on any atom is -0.496 e. The highest BCUT2D eigenvalue weighted by atomic mass is 32.1. The van der Waals surface area contributed by atoms with Crippen LogP contribution in [0, 0.1) is 20.8 Å². The molecule has 8 heteroatoms. The number of carboxylic acid groups (broad SMARTS) is 1. The lowest BCUT2D eigenvalue weighted by atomic mass is 9.95. The summed E-state index contributed by atoms with van der Waals surface area (Å²) in [5.74, 6) is -0.758. The number of ether oxygens (including phenoxy) is 1. The summed E-state index contributed by atoms with van der Waals surface area (Å²) in [4.78, 5) is 25.9. The monoisotopic (exact) mass is 465 g/mol. The van der Waals surface area contributed by atoms with Crippen molar-refractivity contribution in [2.45, 2.75) is 46.5 Å². The number of aromatic carboxylic acids is 1. The number of benzene rings is 1. The lowest BCUT2D eigenvalue weighted by molar-refractivity contribution is 0.0695. The van der Waals surface area contributed by atoms with E-state index >= 15 is 0 Å². The smallest absolute Gasteiger partial charge is 0.339 e. The fraction of sp³-hybridized carbons (Fsp3) is 0.320. The summed E-state index contributed by atoms with van der Waals surface area (Å²) in [5, 5.41) is 14.8. The molecule has 0 aliphatic heterocycles. The van der Waals surface area contributed by atoms with Crippen LogP contribution in [0.2, 0.25) is 0 Å². The molecule has 0 unspecified atom stereocenters. The molecule has 172 valence electrons. The van der Waals surface area contributed by atoms with Gasteiger partial charge in [0.15, 0.2) is 0 Å². The van der Waals surface area contributed by atoms with Crippen molar-refractivity contribution in [1.82, 2.24) is 9.99 Å². The Kier molecular flexibility index (Phi) is 6.37. The van der Waals surface area contributed by atoms with Gasteiger partial charge in [-0.25, -0.2) is 10.2 Å².